The molecule has 0 fully saturated rings. The molecule has 6 heteroatoms. The average molecular weight is 299 g/mol. The van der Waals surface area contributed by atoms with E-state index in [1.54, 1.807) is 13.1 Å². The lowest BCUT2D eigenvalue weighted by Crippen LogP contribution is -2.35. The Kier molecular flexibility index (Phi) is 7.33. The Morgan fingerprint density at radius 2 is 2.15 bits per heavy atom. The molecule has 2 N–H and O–H groups in total. The van der Waals surface area contributed by atoms with Gasteiger partial charge in [0.2, 0.25) is 0 Å². The molecule has 1 heterocycles. The van der Waals surface area contributed by atoms with Crippen LogP contribution in [0.15, 0.2) is 12.3 Å². The molecule has 0 aromatic carbocycles. The lowest BCUT2D eigenvalue weighted by Gasteiger charge is -2.19. The molecule has 1 amide bonds. The van der Waals surface area contributed by atoms with Crippen molar-refractivity contribution in [3.05, 3.63) is 22.8 Å². The van der Waals surface area contributed by atoms with Gasteiger partial charge < -0.3 is 15.5 Å². The summed E-state index contributed by atoms with van der Waals surface area (Å²) in [4.78, 5) is 18.4. The molecule has 1 aromatic rings. The normalized spacial score (nSPS) is 10.7. The van der Waals surface area contributed by atoms with Crippen molar-refractivity contribution in [3.8, 4) is 0 Å². The van der Waals surface area contributed by atoms with Crippen LogP contribution in [0.5, 0.6) is 0 Å². The van der Waals surface area contributed by atoms with E-state index >= 15 is 0 Å². The second-order valence-corrected chi connectivity index (χ2v) is 4.90. The third-order valence-corrected chi connectivity index (χ3v) is 3.36. The van der Waals surface area contributed by atoms with Crippen molar-refractivity contribution in [3.63, 3.8) is 0 Å². The first kappa shape index (κ1) is 16.7. The minimum absolute atomic E-state index is 0.165. The average Bonchev–Trinajstić information content (AvgIpc) is 2.46. The highest BCUT2D eigenvalue weighted by Crippen LogP contribution is 2.17. The van der Waals surface area contributed by atoms with E-state index in [1.807, 2.05) is 0 Å². The number of likely N-dealkylation sites (N-methyl/N-ethyl adjacent to an activating group) is 1. The van der Waals surface area contributed by atoms with Crippen LogP contribution in [0, 0.1) is 0 Å². The number of amides is 1. The summed E-state index contributed by atoms with van der Waals surface area (Å²) in [6.07, 6.45) is 2.60. The molecule has 0 unspecified atom stereocenters. The highest BCUT2D eigenvalue weighted by molar-refractivity contribution is 6.33. The summed E-state index contributed by atoms with van der Waals surface area (Å²) in [5.74, 6) is 0.460. The van der Waals surface area contributed by atoms with Gasteiger partial charge in [-0.25, -0.2) is 4.98 Å². The van der Waals surface area contributed by atoms with Crippen LogP contribution < -0.4 is 10.6 Å². The standard InChI is InChI=1S/C14H23ClN4O/c1-4-7-19(5-2)8-6-17-14(20)11-9-13(16-3)18-10-12(11)15/h9-10H,4-8H2,1-3H3,(H,16,18)(H,17,20). The van der Waals surface area contributed by atoms with Gasteiger partial charge in [0.25, 0.3) is 5.91 Å². The Labute approximate surface area is 125 Å². The maximum atomic E-state index is 12.1. The second kappa shape index (κ2) is 8.76. The molecule has 0 aliphatic carbocycles. The maximum Gasteiger partial charge on any atom is 0.253 e. The van der Waals surface area contributed by atoms with Gasteiger partial charge in [-0.2, -0.15) is 0 Å². The zero-order valence-electron chi connectivity index (χ0n) is 12.4. The van der Waals surface area contributed by atoms with Gasteiger partial charge in [0, 0.05) is 26.3 Å². The Bertz CT molecular complexity index is 439. The molecule has 5 nitrogen and oxygen atoms in total. The van der Waals surface area contributed by atoms with Crippen molar-refractivity contribution < 1.29 is 4.79 Å². The van der Waals surface area contributed by atoms with Crippen molar-refractivity contribution >= 4 is 23.3 Å². The fourth-order valence-corrected chi connectivity index (χ4v) is 2.11. The number of halogens is 1. The molecule has 1 aromatic heterocycles. The Hall–Kier alpha value is -1.33. The Morgan fingerprint density at radius 1 is 1.40 bits per heavy atom. The third kappa shape index (κ3) is 4.98. The molecule has 20 heavy (non-hydrogen) atoms. The van der Waals surface area contributed by atoms with Gasteiger partial charge in [0.05, 0.1) is 10.6 Å². The first-order valence-corrected chi connectivity index (χ1v) is 7.34. The van der Waals surface area contributed by atoms with E-state index in [2.05, 4.69) is 34.4 Å². The van der Waals surface area contributed by atoms with Crippen molar-refractivity contribution in [1.29, 1.82) is 0 Å². The van der Waals surface area contributed by atoms with E-state index in [9.17, 15) is 4.79 Å². The highest BCUT2D eigenvalue weighted by atomic mass is 35.5. The predicted molar refractivity (Wildman–Crippen MR) is 83.5 cm³/mol. The van der Waals surface area contributed by atoms with E-state index < -0.39 is 0 Å². The van der Waals surface area contributed by atoms with Gasteiger partial charge in [0.1, 0.15) is 5.82 Å². The van der Waals surface area contributed by atoms with Crippen LogP contribution in [0.4, 0.5) is 5.82 Å². The largest absolute Gasteiger partial charge is 0.373 e. The number of pyridine rings is 1. The van der Waals surface area contributed by atoms with E-state index in [1.165, 1.54) is 6.20 Å². The minimum Gasteiger partial charge on any atom is -0.373 e. The van der Waals surface area contributed by atoms with Crippen molar-refractivity contribution in [1.82, 2.24) is 15.2 Å². The van der Waals surface area contributed by atoms with Crippen LogP contribution in [-0.4, -0.2) is 49.0 Å². The molecule has 0 aliphatic rings. The molecule has 0 aliphatic heterocycles. The lowest BCUT2D eigenvalue weighted by molar-refractivity contribution is 0.0948. The van der Waals surface area contributed by atoms with Gasteiger partial charge in [-0.05, 0) is 25.6 Å². The highest BCUT2D eigenvalue weighted by Gasteiger charge is 2.11. The summed E-state index contributed by atoms with van der Waals surface area (Å²) in [5, 5.41) is 6.15. The van der Waals surface area contributed by atoms with Crippen molar-refractivity contribution in [2.75, 3.05) is 38.5 Å². The predicted octanol–water partition coefficient (Wildman–Crippen LogP) is 2.24. The molecule has 112 valence electrons. The number of nitrogens with one attached hydrogen (secondary N) is 2. The summed E-state index contributed by atoms with van der Waals surface area (Å²) in [5.41, 5.74) is 0.449. The third-order valence-electron chi connectivity index (χ3n) is 3.06. The van der Waals surface area contributed by atoms with E-state index in [0.29, 0.717) is 22.9 Å². The summed E-state index contributed by atoms with van der Waals surface area (Å²) >= 11 is 6.01. The number of hydrogen-bond acceptors (Lipinski definition) is 4. The molecule has 0 spiro atoms. The Balaban J connectivity index is 2.54. The van der Waals surface area contributed by atoms with Crippen LogP contribution in [0.2, 0.25) is 5.02 Å². The van der Waals surface area contributed by atoms with E-state index in [4.69, 9.17) is 11.6 Å². The molecule has 0 atom stereocenters. The molecule has 0 bridgehead atoms. The van der Waals surface area contributed by atoms with Crippen LogP contribution in [0.3, 0.4) is 0 Å². The van der Waals surface area contributed by atoms with Gasteiger partial charge in [0.15, 0.2) is 0 Å². The fraction of sp³-hybridized carbons (Fsp3) is 0.571. The first-order valence-electron chi connectivity index (χ1n) is 6.96. The smallest absolute Gasteiger partial charge is 0.253 e. The zero-order chi connectivity index (χ0) is 15.0. The lowest BCUT2D eigenvalue weighted by atomic mass is 10.2. The van der Waals surface area contributed by atoms with Crippen LogP contribution in [0.25, 0.3) is 0 Å². The molecular weight excluding hydrogens is 276 g/mol. The number of carbonyl (C=O) groups is 1. The van der Waals surface area contributed by atoms with E-state index in [-0.39, 0.29) is 5.91 Å². The quantitative estimate of drug-likeness (QED) is 0.773. The molecule has 0 saturated heterocycles. The van der Waals surface area contributed by atoms with Gasteiger partial charge in [-0.3, -0.25) is 4.79 Å². The fourth-order valence-electron chi connectivity index (χ4n) is 1.92. The van der Waals surface area contributed by atoms with Gasteiger partial charge in [-0.15, -0.1) is 0 Å². The SMILES string of the molecule is CCCN(CC)CCNC(=O)c1cc(NC)ncc1Cl. The summed E-state index contributed by atoms with van der Waals surface area (Å²) in [7, 11) is 1.75. The van der Waals surface area contributed by atoms with E-state index in [0.717, 1.165) is 26.1 Å². The second-order valence-electron chi connectivity index (χ2n) is 4.49. The van der Waals surface area contributed by atoms with Crippen molar-refractivity contribution in [2.24, 2.45) is 0 Å². The first-order chi connectivity index (χ1) is 9.62. The van der Waals surface area contributed by atoms with Crippen molar-refractivity contribution in [2.45, 2.75) is 20.3 Å². The molecular formula is C14H23ClN4O. The summed E-state index contributed by atoms with van der Waals surface area (Å²) in [6.45, 7) is 7.77. The number of hydrogen-bond donors (Lipinski definition) is 2. The topological polar surface area (TPSA) is 57.3 Å². The molecule has 0 radical (unpaired) electrons. The Morgan fingerprint density at radius 3 is 2.75 bits per heavy atom. The van der Waals surface area contributed by atoms with Crippen LogP contribution >= 0.6 is 11.6 Å². The molecule has 0 saturated carbocycles. The minimum atomic E-state index is -0.165. The monoisotopic (exact) mass is 298 g/mol. The summed E-state index contributed by atoms with van der Waals surface area (Å²) < 4.78 is 0. The number of nitrogens with zero attached hydrogens (tertiary/aromatic N) is 2. The van der Waals surface area contributed by atoms with Crippen LogP contribution in [0.1, 0.15) is 30.6 Å². The zero-order valence-corrected chi connectivity index (χ0v) is 13.1. The molecule has 1 rings (SSSR count). The number of carbonyl (C=O) groups excluding carboxylic acids is 1. The van der Waals surface area contributed by atoms with Gasteiger partial charge >= 0.3 is 0 Å². The number of rotatable bonds is 8. The number of aromatic nitrogens is 1. The van der Waals surface area contributed by atoms with Crippen LogP contribution in [-0.2, 0) is 0 Å². The maximum absolute atomic E-state index is 12.1. The van der Waals surface area contributed by atoms with Gasteiger partial charge in [-0.1, -0.05) is 25.4 Å². The number of anilines is 1. The summed E-state index contributed by atoms with van der Waals surface area (Å²) in [6, 6.07) is 1.65.